The molecule has 2 unspecified atom stereocenters. The van der Waals surface area contributed by atoms with Crippen LogP contribution in [0.1, 0.15) is 45.1 Å². The SMILES string of the molecule is CCCCC(C)NC1CCN(CCc2ccccc2)C1. The molecule has 1 N–H and O–H groups in total. The highest BCUT2D eigenvalue weighted by Gasteiger charge is 2.22. The molecule has 2 rings (SSSR count). The smallest absolute Gasteiger partial charge is 0.0209 e. The number of hydrogen-bond donors (Lipinski definition) is 1. The summed E-state index contributed by atoms with van der Waals surface area (Å²) in [4.78, 5) is 2.61. The lowest BCUT2D eigenvalue weighted by molar-refractivity contribution is 0.324. The van der Waals surface area contributed by atoms with Gasteiger partial charge in [-0.1, -0.05) is 50.1 Å². The molecule has 2 nitrogen and oxygen atoms in total. The van der Waals surface area contributed by atoms with E-state index in [2.05, 4.69) is 54.4 Å². The first kappa shape index (κ1) is 15.5. The minimum Gasteiger partial charge on any atom is -0.310 e. The molecule has 1 aliphatic rings. The average Bonchev–Trinajstić information content (AvgIpc) is 2.91. The number of hydrogen-bond acceptors (Lipinski definition) is 2. The third-order valence-corrected chi connectivity index (χ3v) is 4.34. The quantitative estimate of drug-likeness (QED) is 0.781. The first-order valence-electron chi connectivity index (χ1n) is 8.30. The lowest BCUT2D eigenvalue weighted by Crippen LogP contribution is -2.38. The fourth-order valence-electron chi connectivity index (χ4n) is 3.10. The Labute approximate surface area is 124 Å². The van der Waals surface area contributed by atoms with Gasteiger partial charge in [-0.3, -0.25) is 0 Å². The number of unbranched alkanes of at least 4 members (excludes halogenated alkanes) is 1. The maximum Gasteiger partial charge on any atom is 0.0209 e. The van der Waals surface area contributed by atoms with Crippen LogP contribution in [0, 0.1) is 0 Å². The fourth-order valence-corrected chi connectivity index (χ4v) is 3.10. The maximum absolute atomic E-state index is 3.80. The Bertz CT molecular complexity index is 363. The van der Waals surface area contributed by atoms with Gasteiger partial charge in [0, 0.05) is 25.2 Å². The minimum absolute atomic E-state index is 0.675. The Kier molecular flexibility index (Phi) is 6.55. The maximum atomic E-state index is 3.80. The van der Waals surface area contributed by atoms with E-state index in [1.165, 1.54) is 57.3 Å². The summed E-state index contributed by atoms with van der Waals surface area (Å²) in [6.45, 7) is 8.29. The molecule has 112 valence electrons. The molecule has 0 spiro atoms. The van der Waals surface area contributed by atoms with Gasteiger partial charge < -0.3 is 10.2 Å². The molecule has 2 atom stereocenters. The second-order valence-electron chi connectivity index (χ2n) is 6.23. The molecule has 1 saturated heterocycles. The molecular weight excluding hydrogens is 244 g/mol. The zero-order valence-corrected chi connectivity index (χ0v) is 13.1. The Morgan fingerprint density at radius 2 is 2.10 bits per heavy atom. The summed E-state index contributed by atoms with van der Waals surface area (Å²) in [5, 5.41) is 3.80. The Balaban J connectivity index is 1.65. The van der Waals surface area contributed by atoms with Crippen LogP contribution in [0.25, 0.3) is 0 Å². The van der Waals surface area contributed by atoms with Gasteiger partial charge in [0.2, 0.25) is 0 Å². The van der Waals surface area contributed by atoms with E-state index in [0.717, 1.165) is 0 Å². The Morgan fingerprint density at radius 1 is 1.30 bits per heavy atom. The van der Waals surface area contributed by atoms with E-state index in [9.17, 15) is 0 Å². The highest BCUT2D eigenvalue weighted by Crippen LogP contribution is 2.12. The van der Waals surface area contributed by atoms with Gasteiger partial charge in [0.05, 0.1) is 0 Å². The summed E-state index contributed by atoms with van der Waals surface area (Å²) >= 11 is 0. The van der Waals surface area contributed by atoms with Crippen molar-refractivity contribution < 1.29 is 0 Å². The van der Waals surface area contributed by atoms with Gasteiger partial charge in [-0.2, -0.15) is 0 Å². The van der Waals surface area contributed by atoms with Crippen LogP contribution in [-0.2, 0) is 6.42 Å². The molecule has 20 heavy (non-hydrogen) atoms. The van der Waals surface area contributed by atoms with Crippen LogP contribution in [0.3, 0.4) is 0 Å². The zero-order chi connectivity index (χ0) is 14.2. The van der Waals surface area contributed by atoms with Gasteiger partial charge >= 0.3 is 0 Å². The second-order valence-corrected chi connectivity index (χ2v) is 6.23. The van der Waals surface area contributed by atoms with Crippen molar-refractivity contribution in [1.29, 1.82) is 0 Å². The normalized spacial score (nSPS) is 21.2. The van der Waals surface area contributed by atoms with Crippen molar-refractivity contribution in [2.24, 2.45) is 0 Å². The molecule has 0 radical (unpaired) electrons. The molecule has 0 amide bonds. The van der Waals surface area contributed by atoms with Crippen LogP contribution in [0.5, 0.6) is 0 Å². The standard InChI is InChI=1S/C18H30N2/c1-3-4-8-16(2)19-18-12-14-20(15-18)13-11-17-9-6-5-7-10-17/h5-7,9-10,16,18-19H,3-4,8,11-15H2,1-2H3. The molecule has 0 saturated carbocycles. The predicted molar refractivity (Wildman–Crippen MR) is 87.1 cm³/mol. The van der Waals surface area contributed by atoms with E-state index in [1.54, 1.807) is 0 Å². The van der Waals surface area contributed by atoms with Crippen LogP contribution in [0.15, 0.2) is 30.3 Å². The third-order valence-electron chi connectivity index (χ3n) is 4.34. The summed E-state index contributed by atoms with van der Waals surface area (Å²) in [7, 11) is 0. The van der Waals surface area contributed by atoms with Crippen molar-refractivity contribution in [2.75, 3.05) is 19.6 Å². The van der Waals surface area contributed by atoms with Crippen molar-refractivity contribution >= 4 is 0 Å². The third kappa shape index (κ3) is 5.26. The highest BCUT2D eigenvalue weighted by molar-refractivity contribution is 5.14. The second kappa shape index (κ2) is 8.43. The molecule has 1 aromatic rings. The van der Waals surface area contributed by atoms with E-state index in [-0.39, 0.29) is 0 Å². The molecular formula is C18H30N2. The van der Waals surface area contributed by atoms with E-state index in [4.69, 9.17) is 0 Å². The number of likely N-dealkylation sites (tertiary alicyclic amines) is 1. The molecule has 1 fully saturated rings. The van der Waals surface area contributed by atoms with Gasteiger partial charge in [-0.15, -0.1) is 0 Å². The van der Waals surface area contributed by atoms with Gasteiger partial charge in [-0.05, 0) is 38.3 Å². The first-order chi connectivity index (χ1) is 9.78. The van der Waals surface area contributed by atoms with Crippen molar-refractivity contribution in [3.05, 3.63) is 35.9 Å². The molecule has 2 heteroatoms. The molecule has 1 heterocycles. The van der Waals surface area contributed by atoms with Gasteiger partial charge in [0.15, 0.2) is 0 Å². The fraction of sp³-hybridized carbons (Fsp3) is 0.667. The topological polar surface area (TPSA) is 15.3 Å². The Hall–Kier alpha value is -0.860. The largest absolute Gasteiger partial charge is 0.310 e. The number of benzene rings is 1. The van der Waals surface area contributed by atoms with Crippen molar-refractivity contribution in [1.82, 2.24) is 10.2 Å². The first-order valence-corrected chi connectivity index (χ1v) is 8.30. The predicted octanol–water partition coefficient (Wildman–Crippen LogP) is 3.47. The van der Waals surface area contributed by atoms with Gasteiger partial charge in [-0.25, -0.2) is 0 Å². The summed E-state index contributed by atoms with van der Waals surface area (Å²) in [6, 6.07) is 12.2. The van der Waals surface area contributed by atoms with Crippen LogP contribution >= 0.6 is 0 Å². The van der Waals surface area contributed by atoms with Crippen LogP contribution in [0.2, 0.25) is 0 Å². The van der Waals surface area contributed by atoms with E-state index >= 15 is 0 Å². The van der Waals surface area contributed by atoms with E-state index in [1.807, 2.05) is 0 Å². The molecule has 1 aromatic carbocycles. The summed E-state index contributed by atoms with van der Waals surface area (Å²) in [5.74, 6) is 0. The number of rotatable bonds is 8. The summed E-state index contributed by atoms with van der Waals surface area (Å²) < 4.78 is 0. The molecule has 0 aliphatic carbocycles. The minimum atomic E-state index is 0.675. The monoisotopic (exact) mass is 274 g/mol. The van der Waals surface area contributed by atoms with Gasteiger partial charge in [0.1, 0.15) is 0 Å². The molecule has 1 aliphatic heterocycles. The zero-order valence-electron chi connectivity index (χ0n) is 13.1. The van der Waals surface area contributed by atoms with Gasteiger partial charge in [0.25, 0.3) is 0 Å². The lowest BCUT2D eigenvalue weighted by Gasteiger charge is -2.20. The highest BCUT2D eigenvalue weighted by atomic mass is 15.2. The Morgan fingerprint density at radius 3 is 2.85 bits per heavy atom. The van der Waals surface area contributed by atoms with Crippen molar-refractivity contribution in [3.8, 4) is 0 Å². The van der Waals surface area contributed by atoms with E-state index in [0.29, 0.717) is 12.1 Å². The lowest BCUT2D eigenvalue weighted by atomic mass is 10.1. The van der Waals surface area contributed by atoms with Crippen LogP contribution in [-0.4, -0.2) is 36.6 Å². The van der Waals surface area contributed by atoms with E-state index < -0.39 is 0 Å². The average molecular weight is 274 g/mol. The number of nitrogens with zero attached hydrogens (tertiary/aromatic N) is 1. The van der Waals surface area contributed by atoms with Crippen LogP contribution in [0.4, 0.5) is 0 Å². The number of nitrogens with one attached hydrogen (secondary N) is 1. The molecule has 0 aromatic heterocycles. The summed E-state index contributed by atoms with van der Waals surface area (Å²) in [6.07, 6.45) is 6.46. The van der Waals surface area contributed by atoms with Crippen molar-refractivity contribution in [2.45, 2.75) is 58.0 Å². The molecule has 0 bridgehead atoms. The summed E-state index contributed by atoms with van der Waals surface area (Å²) in [5.41, 5.74) is 1.46. The van der Waals surface area contributed by atoms with Crippen molar-refractivity contribution in [3.63, 3.8) is 0 Å². The van der Waals surface area contributed by atoms with Crippen LogP contribution < -0.4 is 5.32 Å².